The van der Waals surface area contributed by atoms with E-state index in [2.05, 4.69) is 60.2 Å². The third-order valence-electron chi connectivity index (χ3n) is 3.69. The van der Waals surface area contributed by atoms with Gasteiger partial charge in [0, 0.05) is 30.6 Å². The Kier molecular flexibility index (Phi) is 4.35. The van der Waals surface area contributed by atoms with Crippen LogP contribution >= 0.6 is 11.8 Å². The summed E-state index contributed by atoms with van der Waals surface area (Å²) in [6.07, 6.45) is 1.32. The Bertz CT molecular complexity index is 344. The van der Waals surface area contributed by atoms with Crippen molar-refractivity contribution in [2.75, 3.05) is 30.5 Å². The lowest BCUT2D eigenvalue weighted by Gasteiger charge is -2.26. The summed E-state index contributed by atoms with van der Waals surface area (Å²) in [6.45, 7) is 2.19. The summed E-state index contributed by atoms with van der Waals surface area (Å²) in [5.74, 6) is 2.58. The van der Waals surface area contributed by atoms with E-state index in [1.54, 1.807) is 0 Å². The monoisotopic (exact) mass is 250 g/mol. The van der Waals surface area contributed by atoms with Crippen LogP contribution in [0.1, 0.15) is 24.9 Å². The van der Waals surface area contributed by atoms with Crippen LogP contribution in [-0.4, -0.2) is 31.6 Å². The highest BCUT2D eigenvalue weighted by atomic mass is 32.2. The highest BCUT2D eigenvalue weighted by Gasteiger charge is 2.20. The van der Waals surface area contributed by atoms with Crippen LogP contribution in [0.4, 0.5) is 5.69 Å². The second-order valence-corrected chi connectivity index (χ2v) is 5.88. The first-order valence-electron chi connectivity index (χ1n) is 6.30. The first-order valence-corrected chi connectivity index (χ1v) is 7.45. The molecular formula is C14H22N2S. The fourth-order valence-electron chi connectivity index (χ4n) is 2.20. The summed E-state index contributed by atoms with van der Waals surface area (Å²) in [4.78, 5) is 2.42. The molecule has 0 saturated carbocycles. The van der Waals surface area contributed by atoms with Gasteiger partial charge in [0.1, 0.15) is 0 Å². The molecule has 1 aliphatic heterocycles. The maximum Gasteiger partial charge on any atom is 0.0385 e. The van der Waals surface area contributed by atoms with Gasteiger partial charge in [0.15, 0.2) is 0 Å². The zero-order valence-electron chi connectivity index (χ0n) is 10.9. The standard InChI is InChI=1S/C14H22N2S/c1-11(15-2)12-4-6-13(7-5-12)16(3)14-8-9-17-10-14/h4-7,11,14-15H,8-10H2,1-3H3. The number of nitrogens with zero attached hydrogens (tertiary/aromatic N) is 1. The largest absolute Gasteiger partial charge is 0.371 e. The minimum absolute atomic E-state index is 0.427. The number of thioether (sulfide) groups is 1. The van der Waals surface area contributed by atoms with Gasteiger partial charge in [-0.25, -0.2) is 0 Å². The molecule has 1 aliphatic rings. The van der Waals surface area contributed by atoms with Gasteiger partial charge in [0.05, 0.1) is 0 Å². The van der Waals surface area contributed by atoms with Gasteiger partial charge in [0.25, 0.3) is 0 Å². The van der Waals surface area contributed by atoms with Gasteiger partial charge in [0.2, 0.25) is 0 Å². The molecule has 3 heteroatoms. The van der Waals surface area contributed by atoms with Crippen molar-refractivity contribution >= 4 is 17.4 Å². The van der Waals surface area contributed by atoms with Crippen molar-refractivity contribution in [1.82, 2.24) is 5.32 Å². The quantitative estimate of drug-likeness (QED) is 0.884. The Balaban J connectivity index is 2.06. The highest BCUT2D eigenvalue weighted by Crippen LogP contribution is 2.26. The van der Waals surface area contributed by atoms with Crippen LogP contribution in [0.15, 0.2) is 24.3 Å². The molecule has 0 bridgehead atoms. The number of benzene rings is 1. The van der Waals surface area contributed by atoms with Crippen molar-refractivity contribution in [2.45, 2.75) is 25.4 Å². The van der Waals surface area contributed by atoms with Crippen LogP contribution in [0.2, 0.25) is 0 Å². The molecule has 2 atom stereocenters. The van der Waals surface area contributed by atoms with E-state index < -0.39 is 0 Å². The molecule has 0 aromatic heterocycles. The molecule has 2 unspecified atom stereocenters. The molecule has 0 aliphatic carbocycles. The Hall–Kier alpha value is -0.670. The molecule has 94 valence electrons. The average molecular weight is 250 g/mol. The summed E-state index contributed by atoms with van der Waals surface area (Å²) in [7, 11) is 4.22. The number of nitrogens with one attached hydrogen (secondary N) is 1. The third kappa shape index (κ3) is 2.96. The van der Waals surface area contributed by atoms with E-state index in [9.17, 15) is 0 Å². The Morgan fingerprint density at radius 2 is 2.06 bits per heavy atom. The predicted octanol–water partition coefficient (Wildman–Crippen LogP) is 2.91. The van der Waals surface area contributed by atoms with Crippen molar-refractivity contribution in [3.63, 3.8) is 0 Å². The Morgan fingerprint density at radius 1 is 1.35 bits per heavy atom. The summed E-state index contributed by atoms with van der Waals surface area (Å²) in [5, 5.41) is 3.27. The molecule has 0 spiro atoms. The molecule has 1 saturated heterocycles. The van der Waals surface area contributed by atoms with Gasteiger partial charge in [-0.3, -0.25) is 0 Å². The summed E-state index contributed by atoms with van der Waals surface area (Å²) in [5.41, 5.74) is 2.69. The van der Waals surface area contributed by atoms with Crippen molar-refractivity contribution < 1.29 is 0 Å². The maximum atomic E-state index is 3.27. The van der Waals surface area contributed by atoms with Gasteiger partial charge in [-0.1, -0.05) is 12.1 Å². The van der Waals surface area contributed by atoms with Crippen molar-refractivity contribution in [3.8, 4) is 0 Å². The van der Waals surface area contributed by atoms with Gasteiger partial charge in [-0.15, -0.1) is 0 Å². The van der Waals surface area contributed by atoms with Crippen molar-refractivity contribution in [3.05, 3.63) is 29.8 Å². The Morgan fingerprint density at radius 3 is 2.59 bits per heavy atom. The van der Waals surface area contributed by atoms with Gasteiger partial charge >= 0.3 is 0 Å². The second kappa shape index (κ2) is 5.78. The van der Waals surface area contributed by atoms with Crippen LogP contribution in [0.3, 0.4) is 0 Å². The van der Waals surface area contributed by atoms with E-state index >= 15 is 0 Å². The lowest BCUT2D eigenvalue weighted by atomic mass is 10.1. The van der Waals surface area contributed by atoms with Crippen molar-refractivity contribution in [1.29, 1.82) is 0 Å². The molecule has 17 heavy (non-hydrogen) atoms. The fourth-order valence-corrected chi connectivity index (χ4v) is 3.47. The summed E-state index contributed by atoms with van der Waals surface area (Å²) >= 11 is 2.07. The third-order valence-corrected chi connectivity index (χ3v) is 4.83. The SMILES string of the molecule is CNC(C)c1ccc(N(C)C2CCSC2)cc1. The molecule has 2 rings (SSSR count). The van der Waals surface area contributed by atoms with E-state index in [4.69, 9.17) is 0 Å². The summed E-state index contributed by atoms with van der Waals surface area (Å²) in [6, 6.07) is 10.1. The highest BCUT2D eigenvalue weighted by molar-refractivity contribution is 7.99. The first-order chi connectivity index (χ1) is 8.22. The molecule has 0 radical (unpaired) electrons. The molecular weight excluding hydrogens is 228 g/mol. The fraction of sp³-hybridized carbons (Fsp3) is 0.571. The van der Waals surface area contributed by atoms with Gasteiger partial charge in [-0.2, -0.15) is 11.8 Å². The van der Waals surface area contributed by atoms with Crippen LogP contribution in [0.25, 0.3) is 0 Å². The number of hydrogen-bond donors (Lipinski definition) is 1. The van der Waals surface area contributed by atoms with E-state index in [1.165, 1.54) is 29.2 Å². The van der Waals surface area contributed by atoms with E-state index in [0.29, 0.717) is 12.1 Å². The van der Waals surface area contributed by atoms with Crippen LogP contribution in [-0.2, 0) is 0 Å². The van der Waals surface area contributed by atoms with Crippen LogP contribution in [0.5, 0.6) is 0 Å². The molecule has 0 amide bonds. The number of anilines is 1. The molecule has 2 nitrogen and oxygen atoms in total. The smallest absolute Gasteiger partial charge is 0.0385 e. The van der Waals surface area contributed by atoms with Gasteiger partial charge in [-0.05, 0) is 43.8 Å². The summed E-state index contributed by atoms with van der Waals surface area (Å²) < 4.78 is 0. The molecule has 1 fully saturated rings. The van der Waals surface area contributed by atoms with E-state index in [1.807, 2.05) is 7.05 Å². The van der Waals surface area contributed by atoms with Crippen molar-refractivity contribution in [2.24, 2.45) is 0 Å². The van der Waals surface area contributed by atoms with E-state index in [-0.39, 0.29) is 0 Å². The molecule has 1 heterocycles. The lowest BCUT2D eigenvalue weighted by Crippen LogP contribution is -2.31. The lowest BCUT2D eigenvalue weighted by molar-refractivity contribution is 0.651. The molecule has 1 aromatic rings. The zero-order valence-corrected chi connectivity index (χ0v) is 11.8. The minimum atomic E-state index is 0.427. The Labute approximate surface area is 109 Å². The van der Waals surface area contributed by atoms with Gasteiger partial charge < -0.3 is 10.2 Å². The first kappa shape index (κ1) is 12.8. The van der Waals surface area contributed by atoms with Crippen LogP contribution in [0, 0.1) is 0 Å². The number of hydrogen-bond acceptors (Lipinski definition) is 3. The average Bonchev–Trinajstić information content (AvgIpc) is 2.91. The zero-order chi connectivity index (χ0) is 12.3. The normalized spacial score (nSPS) is 21.5. The maximum absolute atomic E-state index is 3.27. The van der Waals surface area contributed by atoms with E-state index in [0.717, 1.165) is 0 Å². The molecule has 1 N–H and O–H groups in total. The topological polar surface area (TPSA) is 15.3 Å². The predicted molar refractivity (Wildman–Crippen MR) is 78.0 cm³/mol. The number of rotatable bonds is 4. The molecule has 1 aromatic carbocycles. The minimum Gasteiger partial charge on any atom is -0.371 e. The second-order valence-electron chi connectivity index (χ2n) is 4.73. The van der Waals surface area contributed by atoms with Crippen LogP contribution < -0.4 is 10.2 Å².